The average molecular weight is 351 g/mol. The second-order valence-corrected chi connectivity index (χ2v) is 7.86. The highest BCUT2D eigenvalue weighted by atomic mass is 16.3. The number of amides is 1. The molecule has 0 unspecified atom stereocenters. The van der Waals surface area contributed by atoms with Gasteiger partial charge in [-0.1, -0.05) is 0 Å². The molecule has 3 heterocycles. The van der Waals surface area contributed by atoms with E-state index in [1.165, 1.54) is 25.7 Å². The summed E-state index contributed by atoms with van der Waals surface area (Å²) in [4.78, 5) is 19.6. The minimum absolute atomic E-state index is 0.0529. The zero-order chi connectivity index (χ0) is 17.8. The number of aromatic amines is 1. The number of hydrogen-bond acceptors (Lipinski definition) is 5. The highest BCUT2D eigenvalue weighted by Crippen LogP contribution is 2.47. The first-order valence-electron chi connectivity index (χ1n) is 9.36. The van der Waals surface area contributed by atoms with Gasteiger partial charge in [-0.05, 0) is 44.4 Å². The van der Waals surface area contributed by atoms with Crippen LogP contribution in [0.15, 0.2) is 10.5 Å². The van der Waals surface area contributed by atoms with Crippen LogP contribution in [-0.4, -0.2) is 39.1 Å². The van der Waals surface area contributed by atoms with Gasteiger partial charge in [-0.3, -0.25) is 9.89 Å². The minimum Gasteiger partial charge on any atom is -0.450 e. The van der Waals surface area contributed by atoms with Gasteiger partial charge >= 0.3 is 0 Å². The van der Waals surface area contributed by atoms with Crippen LogP contribution in [0, 0.1) is 30.1 Å². The van der Waals surface area contributed by atoms with E-state index in [-0.39, 0.29) is 17.6 Å². The van der Waals surface area contributed by atoms with E-state index in [1.807, 2.05) is 11.0 Å². The van der Waals surface area contributed by atoms with Crippen molar-refractivity contribution >= 4 is 5.91 Å². The number of likely N-dealkylation sites (tertiary alicyclic amines) is 1. The van der Waals surface area contributed by atoms with Crippen molar-refractivity contribution in [2.24, 2.45) is 11.8 Å². The summed E-state index contributed by atoms with van der Waals surface area (Å²) in [5, 5.41) is 16.5. The molecule has 2 aromatic heterocycles. The van der Waals surface area contributed by atoms with Crippen molar-refractivity contribution in [2.75, 3.05) is 13.1 Å². The highest BCUT2D eigenvalue weighted by Gasteiger charge is 2.46. The predicted molar refractivity (Wildman–Crippen MR) is 91.4 cm³/mol. The number of carbonyl (C=O) groups excluding carboxylic acids is 1. The number of furan rings is 1. The molecule has 1 saturated heterocycles. The maximum absolute atomic E-state index is 13.0. The van der Waals surface area contributed by atoms with Gasteiger partial charge in [-0.2, -0.15) is 10.4 Å². The van der Waals surface area contributed by atoms with E-state index in [2.05, 4.69) is 10.2 Å². The Kier molecular flexibility index (Phi) is 3.42. The van der Waals surface area contributed by atoms with E-state index < -0.39 is 0 Å². The minimum atomic E-state index is -0.0529. The second kappa shape index (κ2) is 5.70. The molecule has 0 bridgehead atoms. The number of hydrogen-bond donors (Lipinski definition) is 1. The molecule has 1 N–H and O–H groups in total. The van der Waals surface area contributed by atoms with Crippen molar-refractivity contribution in [3.05, 3.63) is 34.8 Å². The zero-order valence-electron chi connectivity index (χ0n) is 14.7. The second-order valence-electron chi connectivity index (χ2n) is 7.86. The first-order chi connectivity index (χ1) is 12.6. The van der Waals surface area contributed by atoms with Crippen LogP contribution in [0.25, 0.3) is 0 Å². The number of aromatic nitrogens is 3. The Hall–Kier alpha value is -2.62. The molecule has 0 spiro atoms. The molecule has 1 aliphatic heterocycles. The van der Waals surface area contributed by atoms with Gasteiger partial charge in [0.25, 0.3) is 5.91 Å². The molecule has 0 radical (unpaired) electrons. The summed E-state index contributed by atoms with van der Waals surface area (Å²) in [5.74, 6) is 4.35. The molecule has 7 nitrogen and oxygen atoms in total. The Bertz CT molecular complexity index is 899. The summed E-state index contributed by atoms with van der Waals surface area (Å²) in [6, 6.07) is 3.52. The van der Waals surface area contributed by atoms with Crippen molar-refractivity contribution in [1.82, 2.24) is 20.1 Å². The van der Waals surface area contributed by atoms with E-state index in [0.717, 1.165) is 18.2 Å². The highest BCUT2D eigenvalue weighted by molar-refractivity contribution is 5.95. The summed E-state index contributed by atoms with van der Waals surface area (Å²) in [6.07, 6.45) is 4.82. The molecule has 7 heteroatoms. The Balaban J connectivity index is 1.39. The Labute approximate surface area is 151 Å². The molecule has 5 rings (SSSR count). The van der Waals surface area contributed by atoms with E-state index in [0.29, 0.717) is 35.6 Å². The van der Waals surface area contributed by atoms with Crippen LogP contribution < -0.4 is 0 Å². The molecule has 2 aromatic rings. The summed E-state index contributed by atoms with van der Waals surface area (Å²) in [7, 11) is 0. The normalized spacial score (nSPS) is 25.5. The molecular formula is C19H21N5O2. The van der Waals surface area contributed by atoms with Crippen LogP contribution in [0.1, 0.15) is 71.0 Å². The molecule has 3 fully saturated rings. The maximum Gasteiger partial charge on any atom is 0.257 e. The third kappa shape index (κ3) is 2.61. The van der Waals surface area contributed by atoms with Crippen molar-refractivity contribution in [1.29, 1.82) is 5.26 Å². The number of nitrogens with one attached hydrogen (secondary N) is 1. The van der Waals surface area contributed by atoms with Crippen LogP contribution in [0.3, 0.4) is 0 Å². The molecule has 134 valence electrons. The van der Waals surface area contributed by atoms with Crippen LogP contribution >= 0.6 is 0 Å². The Morgan fingerprint density at radius 1 is 1.35 bits per heavy atom. The maximum atomic E-state index is 13.0. The molecule has 1 amide bonds. The monoisotopic (exact) mass is 351 g/mol. The first-order valence-corrected chi connectivity index (χ1v) is 9.36. The largest absolute Gasteiger partial charge is 0.450 e. The Morgan fingerprint density at radius 3 is 2.81 bits per heavy atom. The first kappa shape index (κ1) is 15.6. The standard InChI is InChI=1S/C19H21N5O2/c1-10-14(6-13(7-20)26-10)19(25)24-8-15(11-2-3-11)16(9-24)18-21-17(22-23-18)12-4-5-12/h6,11-12,15-16H,2-5,8-9H2,1H3,(H,21,22,23)/t15-,16+/m1/s1. The molecule has 2 atom stereocenters. The fourth-order valence-electron chi connectivity index (χ4n) is 4.18. The van der Waals surface area contributed by atoms with Gasteiger partial charge in [0.1, 0.15) is 17.7 Å². The number of rotatable bonds is 4. The third-order valence-electron chi connectivity index (χ3n) is 5.95. The lowest BCUT2D eigenvalue weighted by molar-refractivity contribution is 0.0783. The number of H-pyrrole nitrogens is 1. The van der Waals surface area contributed by atoms with Crippen molar-refractivity contribution < 1.29 is 9.21 Å². The van der Waals surface area contributed by atoms with Gasteiger partial charge in [0.05, 0.1) is 5.56 Å². The number of carbonyl (C=O) groups is 1. The summed E-state index contributed by atoms with van der Waals surface area (Å²) < 4.78 is 5.34. The van der Waals surface area contributed by atoms with Gasteiger partial charge in [0, 0.05) is 31.0 Å². The summed E-state index contributed by atoms with van der Waals surface area (Å²) in [6.45, 7) is 3.12. The fourth-order valence-corrected chi connectivity index (χ4v) is 4.18. The van der Waals surface area contributed by atoms with Crippen molar-refractivity contribution in [3.63, 3.8) is 0 Å². The van der Waals surface area contributed by atoms with E-state index in [4.69, 9.17) is 14.7 Å². The topological polar surface area (TPSA) is 98.8 Å². The quantitative estimate of drug-likeness (QED) is 0.913. The van der Waals surface area contributed by atoms with Crippen molar-refractivity contribution in [3.8, 4) is 6.07 Å². The lowest BCUT2D eigenvalue weighted by atomic mass is 9.91. The summed E-state index contributed by atoms with van der Waals surface area (Å²) >= 11 is 0. The molecule has 0 aromatic carbocycles. The van der Waals surface area contributed by atoms with Gasteiger partial charge in [-0.25, -0.2) is 4.98 Å². The van der Waals surface area contributed by atoms with Gasteiger partial charge in [0.15, 0.2) is 5.82 Å². The lowest BCUT2D eigenvalue weighted by Gasteiger charge is -2.15. The van der Waals surface area contributed by atoms with E-state index in [1.54, 1.807) is 13.0 Å². The van der Waals surface area contributed by atoms with Crippen LogP contribution in [0.2, 0.25) is 0 Å². The fraction of sp³-hybridized carbons (Fsp3) is 0.579. The van der Waals surface area contributed by atoms with Crippen LogP contribution in [0.4, 0.5) is 0 Å². The third-order valence-corrected chi connectivity index (χ3v) is 5.95. The van der Waals surface area contributed by atoms with Gasteiger partial charge in [0.2, 0.25) is 5.76 Å². The number of nitriles is 1. The Morgan fingerprint density at radius 2 is 2.15 bits per heavy atom. The number of nitrogens with zero attached hydrogens (tertiary/aromatic N) is 4. The van der Waals surface area contributed by atoms with Crippen LogP contribution in [-0.2, 0) is 0 Å². The predicted octanol–water partition coefficient (Wildman–Crippen LogP) is 2.72. The molecule has 2 saturated carbocycles. The smallest absolute Gasteiger partial charge is 0.257 e. The van der Waals surface area contributed by atoms with Crippen LogP contribution in [0.5, 0.6) is 0 Å². The zero-order valence-corrected chi connectivity index (χ0v) is 14.7. The van der Waals surface area contributed by atoms with Gasteiger partial charge < -0.3 is 9.32 Å². The molecule has 3 aliphatic rings. The molecule has 26 heavy (non-hydrogen) atoms. The van der Waals surface area contributed by atoms with E-state index >= 15 is 0 Å². The number of aryl methyl sites for hydroxylation is 1. The van der Waals surface area contributed by atoms with Crippen molar-refractivity contribution in [2.45, 2.75) is 44.4 Å². The molecular weight excluding hydrogens is 330 g/mol. The van der Waals surface area contributed by atoms with Gasteiger partial charge in [-0.15, -0.1) is 0 Å². The van der Waals surface area contributed by atoms with E-state index in [9.17, 15) is 4.79 Å². The average Bonchev–Trinajstić information content (AvgIpc) is 3.55. The lowest BCUT2D eigenvalue weighted by Crippen LogP contribution is -2.29. The summed E-state index contributed by atoms with van der Waals surface area (Å²) in [5.41, 5.74) is 0.494. The molecule has 2 aliphatic carbocycles. The SMILES string of the molecule is Cc1oc(C#N)cc1C(=O)N1C[C@H](c2nc(C3CC3)n[nH]2)[C@@H](C2CC2)C1.